The number of fused-ring (bicyclic) bond motifs is 3. The molecule has 0 unspecified atom stereocenters. The van der Waals surface area contributed by atoms with Crippen molar-refractivity contribution >= 4 is 6.09 Å². The van der Waals surface area contributed by atoms with Gasteiger partial charge in [-0.25, -0.2) is 4.79 Å². The van der Waals surface area contributed by atoms with Crippen molar-refractivity contribution in [3.05, 3.63) is 0 Å². The normalized spacial score (nSPS) is 35.9. The van der Waals surface area contributed by atoms with Crippen LogP contribution in [0, 0.1) is 11.8 Å². The highest BCUT2D eigenvalue weighted by atomic mass is 16.5. The fourth-order valence-corrected chi connectivity index (χ4v) is 2.92. The van der Waals surface area contributed by atoms with E-state index in [-0.39, 0.29) is 6.09 Å². The van der Waals surface area contributed by atoms with E-state index in [1.165, 1.54) is 20.0 Å². The van der Waals surface area contributed by atoms with Crippen molar-refractivity contribution in [2.45, 2.75) is 25.3 Å². The van der Waals surface area contributed by atoms with Crippen molar-refractivity contribution in [2.24, 2.45) is 17.6 Å². The van der Waals surface area contributed by atoms with E-state index in [1.54, 1.807) is 0 Å². The molecule has 2 N–H and O–H groups in total. The number of amides is 1. The van der Waals surface area contributed by atoms with Gasteiger partial charge in [0, 0.05) is 12.6 Å². The first-order chi connectivity index (χ1) is 6.76. The van der Waals surface area contributed by atoms with Crippen LogP contribution in [0.25, 0.3) is 0 Å². The molecule has 2 aliphatic heterocycles. The smallest absolute Gasteiger partial charge is 0.409 e. The second-order valence-electron chi connectivity index (χ2n) is 4.36. The Balaban J connectivity index is 2.09. The molecule has 2 bridgehead atoms. The standard InChI is InChI=1S/C10H18N2O2/c1-14-10(13)12-6-7-2-3-9(12)8(4-7)5-11/h7-9H,2-6,11H2,1H3/t7-,8+,9-/m0/s1. The second-order valence-corrected chi connectivity index (χ2v) is 4.36. The molecular formula is C10H18N2O2. The van der Waals surface area contributed by atoms with Gasteiger partial charge in [-0.3, -0.25) is 0 Å². The number of rotatable bonds is 1. The van der Waals surface area contributed by atoms with Gasteiger partial charge < -0.3 is 15.4 Å². The summed E-state index contributed by atoms with van der Waals surface area (Å²) < 4.78 is 4.78. The molecule has 3 atom stereocenters. The number of carbonyl (C=O) groups excluding carboxylic acids is 1. The number of methoxy groups -OCH3 is 1. The number of hydrogen-bond acceptors (Lipinski definition) is 3. The first-order valence-electron chi connectivity index (χ1n) is 5.31. The number of hydrogen-bond donors (Lipinski definition) is 1. The van der Waals surface area contributed by atoms with Crippen LogP contribution in [0.2, 0.25) is 0 Å². The highest BCUT2D eigenvalue weighted by molar-refractivity contribution is 5.68. The predicted octanol–water partition coefficient (Wildman–Crippen LogP) is 0.812. The van der Waals surface area contributed by atoms with Gasteiger partial charge in [0.05, 0.1) is 7.11 Å². The van der Waals surface area contributed by atoms with Gasteiger partial charge in [0.15, 0.2) is 0 Å². The summed E-state index contributed by atoms with van der Waals surface area (Å²) in [6.07, 6.45) is 3.35. The van der Waals surface area contributed by atoms with Gasteiger partial charge in [0.25, 0.3) is 0 Å². The molecule has 4 nitrogen and oxygen atoms in total. The van der Waals surface area contributed by atoms with Crippen LogP contribution in [0.4, 0.5) is 4.79 Å². The average molecular weight is 198 g/mol. The van der Waals surface area contributed by atoms with E-state index < -0.39 is 0 Å². The van der Waals surface area contributed by atoms with Crippen LogP contribution in [0.5, 0.6) is 0 Å². The number of ether oxygens (including phenoxy) is 1. The highest BCUT2D eigenvalue weighted by Crippen LogP contribution is 2.38. The van der Waals surface area contributed by atoms with E-state index in [0.717, 1.165) is 13.0 Å². The second kappa shape index (κ2) is 3.77. The van der Waals surface area contributed by atoms with Crippen LogP contribution in [0.15, 0.2) is 0 Å². The third-order valence-electron chi connectivity index (χ3n) is 3.62. The van der Waals surface area contributed by atoms with Gasteiger partial charge in [-0.15, -0.1) is 0 Å². The van der Waals surface area contributed by atoms with Gasteiger partial charge in [-0.1, -0.05) is 0 Å². The van der Waals surface area contributed by atoms with Crippen molar-refractivity contribution in [1.82, 2.24) is 4.90 Å². The summed E-state index contributed by atoms with van der Waals surface area (Å²) in [6.45, 7) is 1.56. The van der Waals surface area contributed by atoms with Gasteiger partial charge in [0.2, 0.25) is 0 Å². The van der Waals surface area contributed by atoms with Crippen LogP contribution in [-0.4, -0.2) is 37.2 Å². The topological polar surface area (TPSA) is 55.6 Å². The first kappa shape index (κ1) is 9.77. The number of nitrogens with zero attached hydrogens (tertiary/aromatic N) is 1. The minimum absolute atomic E-state index is 0.183. The summed E-state index contributed by atoms with van der Waals surface area (Å²) in [7, 11) is 1.45. The SMILES string of the molecule is COC(=O)N1C[C@H]2CC[C@H]1[C@@H](CN)C2. The number of carbonyl (C=O) groups is 1. The molecule has 4 heteroatoms. The van der Waals surface area contributed by atoms with Crippen molar-refractivity contribution in [1.29, 1.82) is 0 Å². The monoisotopic (exact) mass is 198 g/mol. The summed E-state index contributed by atoms with van der Waals surface area (Å²) in [5.41, 5.74) is 5.71. The summed E-state index contributed by atoms with van der Waals surface area (Å²) in [6, 6.07) is 0.331. The summed E-state index contributed by atoms with van der Waals surface area (Å²) in [5.74, 6) is 1.13. The van der Waals surface area contributed by atoms with Crippen LogP contribution < -0.4 is 5.73 Å². The van der Waals surface area contributed by atoms with Gasteiger partial charge >= 0.3 is 6.09 Å². The Hall–Kier alpha value is -0.770. The molecule has 14 heavy (non-hydrogen) atoms. The number of nitrogens with two attached hydrogens (primary N) is 1. The first-order valence-corrected chi connectivity index (χ1v) is 5.31. The third-order valence-corrected chi connectivity index (χ3v) is 3.62. The maximum Gasteiger partial charge on any atom is 0.409 e. The lowest BCUT2D eigenvalue weighted by molar-refractivity contribution is 0.00640. The molecule has 3 aliphatic rings. The molecule has 0 aromatic carbocycles. The zero-order valence-electron chi connectivity index (χ0n) is 8.61. The van der Waals surface area contributed by atoms with Crippen molar-refractivity contribution < 1.29 is 9.53 Å². The quantitative estimate of drug-likeness (QED) is 0.678. The van der Waals surface area contributed by atoms with E-state index in [9.17, 15) is 4.79 Å². The fraction of sp³-hybridized carbons (Fsp3) is 0.900. The van der Waals surface area contributed by atoms with Gasteiger partial charge in [-0.05, 0) is 37.6 Å². The zero-order chi connectivity index (χ0) is 10.1. The Kier molecular flexibility index (Phi) is 2.63. The summed E-state index contributed by atoms with van der Waals surface area (Å²) in [4.78, 5) is 13.4. The lowest BCUT2D eigenvalue weighted by Gasteiger charge is -2.48. The van der Waals surface area contributed by atoms with E-state index in [4.69, 9.17) is 10.5 Å². The van der Waals surface area contributed by atoms with Crippen LogP contribution >= 0.6 is 0 Å². The molecule has 3 rings (SSSR count). The number of piperidine rings is 2. The summed E-state index contributed by atoms with van der Waals surface area (Å²) in [5, 5.41) is 0. The lowest BCUT2D eigenvalue weighted by atomic mass is 9.73. The van der Waals surface area contributed by atoms with Crippen LogP contribution in [0.3, 0.4) is 0 Å². The molecule has 0 radical (unpaired) electrons. The Morgan fingerprint density at radius 3 is 2.93 bits per heavy atom. The molecule has 0 aromatic heterocycles. The predicted molar refractivity (Wildman–Crippen MR) is 52.8 cm³/mol. The zero-order valence-corrected chi connectivity index (χ0v) is 8.61. The largest absolute Gasteiger partial charge is 0.453 e. The Bertz CT molecular complexity index is 232. The Labute approximate surface area is 84.4 Å². The Morgan fingerprint density at radius 2 is 2.36 bits per heavy atom. The maximum absolute atomic E-state index is 11.5. The van der Waals surface area contributed by atoms with Gasteiger partial charge in [-0.2, -0.15) is 0 Å². The van der Waals surface area contributed by atoms with E-state index in [1.807, 2.05) is 4.90 Å². The van der Waals surface area contributed by atoms with E-state index >= 15 is 0 Å². The van der Waals surface area contributed by atoms with Crippen LogP contribution in [0.1, 0.15) is 19.3 Å². The third kappa shape index (κ3) is 1.47. The van der Waals surface area contributed by atoms with Crippen molar-refractivity contribution in [2.75, 3.05) is 20.2 Å². The van der Waals surface area contributed by atoms with Crippen molar-refractivity contribution in [3.8, 4) is 0 Å². The lowest BCUT2D eigenvalue weighted by Crippen LogP contribution is -2.56. The molecule has 1 amide bonds. The minimum Gasteiger partial charge on any atom is -0.453 e. The summed E-state index contributed by atoms with van der Waals surface area (Å²) >= 11 is 0. The highest BCUT2D eigenvalue weighted by Gasteiger charge is 2.42. The molecular weight excluding hydrogens is 180 g/mol. The molecule has 1 saturated carbocycles. The average Bonchev–Trinajstić information content (AvgIpc) is 2.28. The molecule has 2 heterocycles. The minimum atomic E-state index is -0.183. The molecule has 3 fully saturated rings. The molecule has 80 valence electrons. The maximum atomic E-state index is 11.5. The molecule has 1 aliphatic carbocycles. The van der Waals surface area contributed by atoms with E-state index in [2.05, 4.69) is 0 Å². The van der Waals surface area contributed by atoms with E-state index in [0.29, 0.717) is 24.4 Å². The molecule has 0 aromatic rings. The molecule has 2 saturated heterocycles. The Morgan fingerprint density at radius 1 is 1.57 bits per heavy atom. The van der Waals surface area contributed by atoms with Crippen molar-refractivity contribution in [3.63, 3.8) is 0 Å². The van der Waals surface area contributed by atoms with Crippen LogP contribution in [-0.2, 0) is 4.74 Å². The fourth-order valence-electron chi connectivity index (χ4n) is 2.92. The van der Waals surface area contributed by atoms with Gasteiger partial charge in [0.1, 0.15) is 0 Å². The molecule has 0 spiro atoms.